The molecule has 0 fully saturated rings. The van der Waals surface area contributed by atoms with Crippen LogP contribution >= 0.6 is 0 Å². The second kappa shape index (κ2) is 41.7. The summed E-state index contributed by atoms with van der Waals surface area (Å²) in [6, 6.07) is 176. The molecular formula is C120H100. The zero-order valence-electron chi connectivity index (χ0n) is 69.3. The summed E-state index contributed by atoms with van der Waals surface area (Å²) in [7, 11) is 0. The van der Waals surface area contributed by atoms with E-state index in [1.807, 2.05) is 18.2 Å². The fourth-order valence-corrected chi connectivity index (χ4v) is 14.8. The van der Waals surface area contributed by atoms with Crippen LogP contribution in [0.15, 0.2) is 497 Å². The number of hydrogen-bond acceptors (Lipinski definition) is 0. The largest absolute Gasteiger partial charge is 0.0622 e. The molecular weight excluding hydrogens is 1440 g/mol. The normalized spacial score (nSPS) is 10.4. The Morgan fingerprint density at radius 3 is 0.550 bits per heavy atom. The lowest BCUT2D eigenvalue weighted by atomic mass is 9.93. The molecule has 0 aliphatic carbocycles. The Kier molecular flexibility index (Phi) is 28.4. The second-order valence-electron chi connectivity index (χ2n) is 30.4. The molecule has 0 aliphatic heterocycles. The summed E-state index contributed by atoms with van der Waals surface area (Å²) in [6.07, 6.45) is 0. The van der Waals surface area contributed by atoms with Crippen molar-refractivity contribution in [3.63, 3.8) is 0 Å². The molecule has 19 aromatic carbocycles. The van der Waals surface area contributed by atoms with Gasteiger partial charge in [0.2, 0.25) is 0 Å². The Hall–Kier alpha value is -14.8. The summed E-state index contributed by atoms with van der Waals surface area (Å²) in [5.41, 5.74) is 40.7. The van der Waals surface area contributed by atoms with Crippen LogP contribution in [0.2, 0.25) is 0 Å². The van der Waals surface area contributed by atoms with Gasteiger partial charge in [0.15, 0.2) is 0 Å². The van der Waals surface area contributed by atoms with E-state index in [2.05, 4.69) is 521 Å². The van der Waals surface area contributed by atoms with E-state index in [0.717, 1.165) is 0 Å². The van der Waals surface area contributed by atoms with E-state index >= 15 is 0 Å². The first kappa shape index (κ1) is 81.7. The molecule has 0 saturated carbocycles. The molecule has 0 aliphatic rings. The minimum atomic E-state index is 1.24. The lowest BCUT2D eigenvalue weighted by Crippen LogP contribution is -1.86. The molecule has 0 unspecified atom stereocenters. The van der Waals surface area contributed by atoms with E-state index in [0.29, 0.717) is 0 Å². The van der Waals surface area contributed by atoms with Crippen molar-refractivity contribution >= 4 is 0 Å². The maximum atomic E-state index is 2.28. The van der Waals surface area contributed by atoms with E-state index < -0.39 is 0 Å². The SMILES string of the molecule is Cc1cc(-c2ccccc2)cc(-c2ccccc2)c1.Cc1cc(-c2ccccc2)ccc1-c1ccccc1.Cc1ccc(-c2cc(-c3ccccc3)cc(-c3ccccc3)c2)cc1.Cc1ccc(-c2cccc(-c3ccccc3)c2)cc1.Cc1cccc(-c2ccc(-c3ccccc3)cc2)c1.Cc1cccc(-c2cccc(-c3ccccc3)c2)c1. The number of hydrogen-bond donors (Lipinski definition) is 0. The third kappa shape index (κ3) is 23.1. The maximum absolute atomic E-state index is 2.28. The topological polar surface area (TPSA) is 0 Å². The van der Waals surface area contributed by atoms with Crippen LogP contribution in [-0.4, -0.2) is 0 Å². The van der Waals surface area contributed by atoms with Crippen molar-refractivity contribution in [3.05, 3.63) is 531 Å². The highest BCUT2D eigenvalue weighted by Gasteiger charge is 2.11. The Labute approximate surface area is 712 Å². The van der Waals surface area contributed by atoms with E-state index in [4.69, 9.17) is 0 Å². The summed E-state index contributed by atoms with van der Waals surface area (Å²) in [6.45, 7) is 12.8. The van der Waals surface area contributed by atoms with Crippen molar-refractivity contribution in [3.8, 4) is 145 Å². The monoisotopic (exact) mass is 1540 g/mol. The predicted molar refractivity (Wildman–Crippen MR) is 518 cm³/mol. The zero-order valence-corrected chi connectivity index (χ0v) is 69.3. The van der Waals surface area contributed by atoms with Crippen LogP contribution in [-0.2, 0) is 0 Å². The van der Waals surface area contributed by atoms with Crippen LogP contribution in [0.3, 0.4) is 0 Å². The van der Waals surface area contributed by atoms with Crippen molar-refractivity contribution in [2.75, 3.05) is 0 Å². The molecule has 0 atom stereocenters. The van der Waals surface area contributed by atoms with Gasteiger partial charge >= 0.3 is 0 Å². The molecule has 0 saturated heterocycles. The van der Waals surface area contributed by atoms with Gasteiger partial charge in [-0.05, 0) is 234 Å². The smallest absolute Gasteiger partial charge is 0.0154 e. The van der Waals surface area contributed by atoms with Crippen molar-refractivity contribution < 1.29 is 0 Å². The average molecular weight is 1540 g/mol. The molecule has 0 heteroatoms. The third-order valence-corrected chi connectivity index (χ3v) is 21.3. The van der Waals surface area contributed by atoms with Crippen LogP contribution in [0, 0.1) is 41.5 Å². The van der Waals surface area contributed by atoms with Gasteiger partial charge in [-0.2, -0.15) is 0 Å². The van der Waals surface area contributed by atoms with Gasteiger partial charge in [0, 0.05) is 0 Å². The van der Waals surface area contributed by atoms with E-state index in [9.17, 15) is 0 Å². The molecule has 0 radical (unpaired) electrons. The molecule has 120 heavy (non-hydrogen) atoms. The number of rotatable bonds is 13. The van der Waals surface area contributed by atoms with Crippen LogP contribution in [0.25, 0.3) is 145 Å². The summed E-state index contributed by atoms with van der Waals surface area (Å²) in [5, 5.41) is 0. The van der Waals surface area contributed by atoms with Crippen molar-refractivity contribution in [1.82, 2.24) is 0 Å². The van der Waals surface area contributed by atoms with Crippen molar-refractivity contribution in [2.45, 2.75) is 41.5 Å². The fraction of sp³-hybridized carbons (Fsp3) is 0.0500. The fourth-order valence-electron chi connectivity index (χ4n) is 14.8. The molecule has 0 aromatic heterocycles. The third-order valence-electron chi connectivity index (χ3n) is 21.3. The quantitative estimate of drug-likeness (QED) is 0.108. The Morgan fingerprint density at radius 2 is 0.258 bits per heavy atom. The predicted octanol–water partition coefficient (Wildman–Crippen LogP) is 33.6. The standard InChI is InChI=1S/C25H20.5C19H16/c1-19-12-14-22(15-13-19)25-17-23(20-8-4-2-5-9-20)16-24(18-25)21-10-6-3-7-11-21;1-15-12-18(16-8-4-2-5-9-16)14-19(13-15)17-10-6-3-7-11-17;1-15-14-18(16-8-4-2-5-9-16)12-13-19(15)17-10-6-3-7-11-17;1-15-7-5-10-17(13-15)19-12-6-11-18(14-19)16-8-3-2-4-9-16;1-15-6-5-9-19(14-15)18-12-10-17(11-13-18)16-7-3-2-4-8-16;1-15-10-12-17(13-11-15)19-9-5-8-18(14-19)16-6-3-2-4-7-16/h2-18H,1H3;5*2-14H,1H3. The van der Waals surface area contributed by atoms with Crippen LogP contribution in [0.4, 0.5) is 0 Å². The van der Waals surface area contributed by atoms with E-state index in [1.165, 1.54) is 178 Å². The Bertz CT molecular complexity index is 6230. The van der Waals surface area contributed by atoms with Crippen LogP contribution < -0.4 is 0 Å². The number of benzene rings is 19. The van der Waals surface area contributed by atoms with Gasteiger partial charge in [0.1, 0.15) is 0 Å². The number of aryl methyl sites for hydroxylation is 6. The first-order valence-electron chi connectivity index (χ1n) is 41.4. The summed E-state index contributed by atoms with van der Waals surface area (Å²) < 4.78 is 0. The highest BCUT2D eigenvalue weighted by atomic mass is 14.2. The lowest BCUT2D eigenvalue weighted by Gasteiger charge is -2.11. The second-order valence-corrected chi connectivity index (χ2v) is 30.4. The highest BCUT2D eigenvalue weighted by Crippen LogP contribution is 2.36. The summed E-state index contributed by atoms with van der Waals surface area (Å²) in [5.74, 6) is 0. The van der Waals surface area contributed by atoms with Gasteiger partial charge in [-0.1, -0.05) is 483 Å². The molecule has 0 bridgehead atoms. The molecule has 19 aromatic rings. The minimum absolute atomic E-state index is 1.24. The van der Waals surface area contributed by atoms with Gasteiger partial charge in [0.25, 0.3) is 0 Å². The molecule has 0 amide bonds. The molecule has 19 rings (SSSR count). The molecule has 0 heterocycles. The highest BCUT2D eigenvalue weighted by molar-refractivity contribution is 5.83. The molecule has 0 N–H and O–H groups in total. The van der Waals surface area contributed by atoms with E-state index in [1.54, 1.807) is 0 Å². The van der Waals surface area contributed by atoms with Gasteiger partial charge in [-0.3, -0.25) is 0 Å². The maximum Gasteiger partial charge on any atom is -0.0154 e. The first-order valence-corrected chi connectivity index (χ1v) is 41.4. The van der Waals surface area contributed by atoms with Crippen LogP contribution in [0.1, 0.15) is 33.4 Å². The molecule has 0 spiro atoms. The summed E-state index contributed by atoms with van der Waals surface area (Å²) in [4.78, 5) is 0. The molecule has 0 nitrogen and oxygen atoms in total. The van der Waals surface area contributed by atoms with Gasteiger partial charge in [-0.25, -0.2) is 0 Å². The first-order chi connectivity index (χ1) is 58.9. The lowest BCUT2D eigenvalue weighted by molar-refractivity contribution is 1.45. The van der Waals surface area contributed by atoms with Gasteiger partial charge in [-0.15, -0.1) is 0 Å². The minimum Gasteiger partial charge on any atom is -0.0622 e. The van der Waals surface area contributed by atoms with Crippen molar-refractivity contribution in [1.29, 1.82) is 0 Å². The average Bonchev–Trinajstić information content (AvgIpc) is 0.798. The van der Waals surface area contributed by atoms with Crippen molar-refractivity contribution in [2.24, 2.45) is 0 Å². The van der Waals surface area contributed by atoms with Crippen LogP contribution in [0.5, 0.6) is 0 Å². The zero-order chi connectivity index (χ0) is 82.5. The van der Waals surface area contributed by atoms with Gasteiger partial charge < -0.3 is 0 Å². The summed E-state index contributed by atoms with van der Waals surface area (Å²) >= 11 is 0. The Morgan fingerprint density at radius 1 is 0.0917 bits per heavy atom. The Balaban J connectivity index is 0.000000118. The molecule has 580 valence electrons. The van der Waals surface area contributed by atoms with E-state index in [-0.39, 0.29) is 0 Å². The van der Waals surface area contributed by atoms with Gasteiger partial charge in [0.05, 0.1) is 0 Å².